The van der Waals surface area contributed by atoms with E-state index in [1.807, 2.05) is 0 Å². The molecular formula is C26H18F2N2O5S2. The third-order valence-electron chi connectivity index (χ3n) is 5.47. The van der Waals surface area contributed by atoms with Crippen LogP contribution in [0.3, 0.4) is 0 Å². The van der Waals surface area contributed by atoms with Gasteiger partial charge in [0.2, 0.25) is 0 Å². The first-order valence-electron chi connectivity index (χ1n) is 11.0. The van der Waals surface area contributed by atoms with Crippen molar-refractivity contribution in [2.75, 3.05) is 6.54 Å². The van der Waals surface area contributed by atoms with Crippen LogP contribution in [0.25, 0.3) is 21.2 Å². The average molecular weight is 541 g/mol. The zero-order valence-corrected chi connectivity index (χ0v) is 20.7. The molecule has 1 amide bonds. The van der Waals surface area contributed by atoms with Gasteiger partial charge in [0, 0.05) is 21.0 Å². The number of carboxylic acids is 1. The summed E-state index contributed by atoms with van der Waals surface area (Å²) in [5.74, 6) is -2.45. The van der Waals surface area contributed by atoms with Crippen LogP contribution in [0.15, 0.2) is 70.0 Å². The molecule has 37 heavy (non-hydrogen) atoms. The number of rotatable bonds is 9. The van der Waals surface area contributed by atoms with Crippen molar-refractivity contribution in [3.8, 4) is 16.9 Å². The van der Waals surface area contributed by atoms with Gasteiger partial charge in [0.1, 0.15) is 35.4 Å². The number of ether oxygens (including phenoxy) is 1. The molecule has 1 N–H and O–H groups in total. The number of furan rings is 1. The van der Waals surface area contributed by atoms with Gasteiger partial charge in [-0.25, -0.2) is 13.8 Å². The first-order chi connectivity index (χ1) is 17.9. The van der Waals surface area contributed by atoms with Crippen LogP contribution in [-0.4, -0.2) is 33.4 Å². The molecule has 3 heterocycles. The molecule has 0 unspecified atom stereocenters. The molecule has 0 bridgehead atoms. The number of carbonyl (C=O) groups is 2. The monoisotopic (exact) mass is 540 g/mol. The van der Waals surface area contributed by atoms with Crippen LogP contribution in [0.4, 0.5) is 8.78 Å². The van der Waals surface area contributed by atoms with E-state index in [1.54, 1.807) is 53.2 Å². The molecule has 5 aromatic rings. The zero-order valence-electron chi connectivity index (χ0n) is 19.0. The van der Waals surface area contributed by atoms with Crippen molar-refractivity contribution in [1.82, 2.24) is 9.88 Å². The molecule has 0 saturated carbocycles. The fourth-order valence-corrected chi connectivity index (χ4v) is 5.36. The molecule has 0 aliphatic heterocycles. The molecule has 0 fully saturated rings. The summed E-state index contributed by atoms with van der Waals surface area (Å²) in [5, 5.41) is 13.2. The van der Waals surface area contributed by atoms with Crippen LogP contribution >= 0.6 is 22.7 Å². The first kappa shape index (κ1) is 24.6. The standard InChI is InChI=1S/C26H18F2N2O5S2/c27-20-10-19(25-18(24(20)28)7-9-36-25)15-3-5-16(6-4-15)35-13-22-29-21(14-37-22)26(33)30(12-23(31)32)11-17-2-1-8-34-17/h1-10,14H,11-13H2,(H,31,32). The highest BCUT2D eigenvalue weighted by Gasteiger charge is 2.22. The molecule has 0 aliphatic rings. The topological polar surface area (TPSA) is 92.9 Å². The summed E-state index contributed by atoms with van der Waals surface area (Å²) in [4.78, 5) is 29.5. The Morgan fingerprint density at radius 3 is 2.65 bits per heavy atom. The van der Waals surface area contributed by atoms with Gasteiger partial charge in [-0.15, -0.1) is 22.7 Å². The van der Waals surface area contributed by atoms with E-state index < -0.39 is 30.1 Å². The number of thiazole rings is 1. The fourth-order valence-electron chi connectivity index (χ4n) is 3.76. The Bertz CT molecular complexity index is 1560. The van der Waals surface area contributed by atoms with Gasteiger partial charge in [-0.3, -0.25) is 9.59 Å². The normalized spacial score (nSPS) is 11.1. The third kappa shape index (κ3) is 5.37. The largest absolute Gasteiger partial charge is 0.486 e. The molecule has 0 aliphatic carbocycles. The number of hydrogen-bond acceptors (Lipinski definition) is 7. The van der Waals surface area contributed by atoms with Crippen molar-refractivity contribution in [2.45, 2.75) is 13.2 Å². The van der Waals surface area contributed by atoms with E-state index in [-0.39, 0.29) is 24.2 Å². The Kier molecular flexibility index (Phi) is 6.97. The number of aromatic nitrogens is 1. The number of benzene rings is 2. The van der Waals surface area contributed by atoms with Crippen molar-refractivity contribution < 1.29 is 32.6 Å². The van der Waals surface area contributed by atoms with Gasteiger partial charge in [-0.05, 0) is 47.3 Å². The predicted molar refractivity (Wildman–Crippen MR) is 135 cm³/mol. The Morgan fingerprint density at radius 1 is 1.11 bits per heavy atom. The number of carboxylic acid groups (broad SMARTS) is 1. The maximum Gasteiger partial charge on any atom is 0.323 e. The van der Waals surface area contributed by atoms with E-state index in [0.717, 1.165) is 10.5 Å². The number of hydrogen-bond donors (Lipinski definition) is 1. The maximum absolute atomic E-state index is 14.1. The summed E-state index contributed by atoms with van der Waals surface area (Å²) in [6, 6.07) is 13.0. The first-order valence-corrected chi connectivity index (χ1v) is 12.7. The highest BCUT2D eigenvalue weighted by Crippen LogP contribution is 2.36. The lowest BCUT2D eigenvalue weighted by atomic mass is 10.0. The SMILES string of the molecule is O=C(O)CN(Cc1ccco1)C(=O)c1csc(COc2ccc(-c3cc(F)c(F)c4ccsc34)cc2)n1. The van der Waals surface area contributed by atoms with E-state index in [0.29, 0.717) is 26.8 Å². The summed E-state index contributed by atoms with van der Waals surface area (Å²) in [5.41, 5.74) is 1.43. The number of fused-ring (bicyclic) bond motifs is 1. The van der Waals surface area contributed by atoms with Crippen LogP contribution in [0.5, 0.6) is 5.75 Å². The quantitative estimate of drug-likeness (QED) is 0.239. The molecule has 7 nitrogen and oxygen atoms in total. The zero-order chi connectivity index (χ0) is 25.9. The van der Waals surface area contributed by atoms with Gasteiger partial charge in [0.25, 0.3) is 5.91 Å². The lowest BCUT2D eigenvalue weighted by Gasteiger charge is -2.18. The number of amides is 1. The van der Waals surface area contributed by atoms with E-state index in [4.69, 9.17) is 9.15 Å². The summed E-state index contributed by atoms with van der Waals surface area (Å²) in [7, 11) is 0. The molecule has 0 atom stereocenters. The second kappa shape index (κ2) is 10.5. The second-order valence-corrected chi connectivity index (χ2v) is 9.82. The van der Waals surface area contributed by atoms with Crippen molar-refractivity contribution >= 4 is 44.6 Å². The highest BCUT2D eigenvalue weighted by atomic mass is 32.1. The summed E-state index contributed by atoms with van der Waals surface area (Å²) < 4.78 is 39.8. The van der Waals surface area contributed by atoms with Crippen LogP contribution < -0.4 is 4.74 Å². The van der Waals surface area contributed by atoms with E-state index in [1.165, 1.54) is 35.0 Å². The van der Waals surface area contributed by atoms with Crippen LogP contribution in [0.2, 0.25) is 0 Å². The Labute approximate surface area is 217 Å². The number of thiophene rings is 1. The van der Waals surface area contributed by atoms with Crippen LogP contribution in [0.1, 0.15) is 21.3 Å². The number of carbonyl (C=O) groups excluding carboxylic acids is 1. The fraction of sp³-hybridized carbons (Fsp3) is 0.115. The van der Waals surface area contributed by atoms with Crippen molar-refractivity contribution in [1.29, 1.82) is 0 Å². The van der Waals surface area contributed by atoms with Crippen LogP contribution in [0, 0.1) is 11.6 Å². The van der Waals surface area contributed by atoms with E-state index >= 15 is 0 Å². The molecular weight excluding hydrogens is 522 g/mol. The third-order valence-corrected chi connectivity index (χ3v) is 7.24. The lowest BCUT2D eigenvalue weighted by Crippen LogP contribution is -2.35. The minimum Gasteiger partial charge on any atom is -0.486 e. The highest BCUT2D eigenvalue weighted by molar-refractivity contribution is 7.17. The molecule has 0 spiro atoms. The van der Waals surface area contributed by atoms with Crippen molar-refractivity contribution in [3.05, 3.63) is 93.7 Å². The second-order valence-electron chi connectivity index (χ2n) is 7.96. The van der Waals surface area contributed by atoms with Gasteiger partial charge >= 0.3 is 5.97 Å². The molecule has 188 valence electrons. The molecule has 2 aromatic carbocycles. The van der Waals surface area contributed by atoms with E-state index in [9.17, 15) is 23.5 Å². The lowest BCUT2D eigenvalue weighted by molar-refractivity contribution is -0.137. The van der Waals surface area contributed by atoms with Gasteiger partial charge in [0.05, 0.1) is 12.8 Å². The molecule has 0 saturated heterocycles. The molecule has 3 aromatic heterocycles. The molecule has 11 heteroatoms. The Hall–Kier alpha value is -4.09. The van der Waals surface area contributed by atoms with Gasteiger partial charge in [0.15, 0.2) is 11.6 Å². The number of halogens is 2. The molecule has 0 radical (unpaired) electrons. The van der Waals surface area contributed by atoms with Crippen molar-refractivity contribution in [3.63, 3.8) is 0 Å². The van der Waals surface area contributed by atoms with Gasteiger partial charge < -0.3 is 19.2 Å². The van der Waals surface area contributed by atoms with Gasteiger partial charge in [-0.1, -0.05) is 12.1 Å². The van der Waals surface area contributed by atoms with Crippen LogP contribution in [-0.2, 0) is 17.9 Å². The Balaban J connectivity index is 1.25. The number of nitrogens with zero attached hydrogens (tertiary/aromatic N) is 2. The summed E-state index contributed by atoms with van der Waals surface area (Å²) in [6.45, 7) is -0.400. The molecule has 5 rings (SSSR count). The predicted octanol–water partition coefficient (Wildman–Crippen LogP) is 6.20. The minimum atomic E-state index is -1.15. The smallest absolute Gasteiger partial charge is 0.323 e. The average Bonchev–Trinajstić information content (AvgIpc) is 3.66. The van der Waals surface area contributed by atoms with E-state index in [2.05, 4.69) is 4.98 Å². The summed E-state index contributed by atoms with van der Waals surface area (Å²) >= 11 is 2.56. The maximum atomic E-state index is 14.1. The van der Waals surface area contributed by atoms with Gasteiger partial charge in [-0.2, -0.15) is 0 Å². The summed E-state index contributed by atoms with van der Waals surface area (Å²) in [6.07, 6.45) is 1.45. The number of aliphatic carboxylic acids is 1. The van der Waals surface area contributed by atoms with Crippen molar-refractivity contribution in [2.24, 2.45) is 0 Å². The Morgan fingerprint density at radius 2 is 1.92 bits per heavy atom. The minimum absolute atomic E-state index is 0.00355.